The normalized spacial score (nSPS) is 26.5. The number of hydrogen-bond acceptors (Lipinski definition) is 5. The molecular weight excluding hydrogens is 339 g/mol. The molecule has 2 heterocycles. The van der Waals surface area contributed by atoms with Crippen LogP contribution in [0.4, 0.5) is 4.39 Å². The Morgan fingerprint density at radius 2 is 2.08 bits per heavy atom. The molecule has 2 aliphatic heterocycles. The van der Waals surface area contributed by atoms with Crippen molar-refractivity contribution in [2.75, 3.05) is 47.0 Å². The average Bonchev–Trinajstić information content (AvgIpc) is 2.63. The molecule has 2 fully saturated rings. The largest absolute Gasteiger partial charge is 0.494 e. The second-order valence-corrected chi connectivity index (χ2v) is 7.28. The number of likely N-dealkylation sites (tertiary alicyclic amines) is 2. The van der Waals surface area contributed by atoms with Crippen LogP contribution >= 0.6 is 0 Å². The quantitative estimate of drug-likeness (QED) is 0.850. The lowest BCUT2D eigenvalue weighted by molar-refractivity contribution is -0.150. The first kappa shape index (κ1) is 19.1. The standard InChI is InChI=1S/C19H27FN2O4/c1-25-13-18(23)22-8-6-19(24)5-7-21(11-15(19)12-22)10-14-3-4-16(20)17(9-14)26-2/h3-4,9,15,24H,5-8,10-13H2,1-2H3/t15-,19-/m1/s1. The van der Waals surface area contributed by atoms with Gasteiger partial charge in [0.1, 0.15) is 6.61 Å². The van der Waals surface area contributed by atoms with Crippen molar-refractivity contribution in [2.45, 2.75) is 25.0 Å². The zero-order chi connectivity index (χ0) is 18.7. The van der Waals surface area contributed by atoms with Gasteiger partial charge in [-0.1, -0.05) is 6.07 Å². The van der Waals surface area contributed by atoms with E-state index >= 15 is 0 Å². The molecule has 0 aliphatic carbocycles. The topological polar surface area (TPSA) is 62.2 Å². The predicted octanol–water partition coefficient (Wildman–Crippen LogP) is 1.27. The number of piperidine rings is 2. The lowest BCUT2D eigenvalue weighted by Gasteiger charge is -2.50. The van der Waals surface area contributed by atoms with E-state index in [0.717, 1.165) is 12.1 Å². The minimum Gasteiger partial charge on any atom is -0.494 e. The molecule has 1 N–H and O–H groups in total. The number of carbonyl (C=O) groups excluding carboxylic acids is 1. The number of carbonyl (C=O) groups is 1. The highest BCUT2D eigenvalue weighted by atomic mass is 19.1. The Bertz CT molecular complexity index is 656. The summed E-state index contributed by atoms with van der Waals surface area (Å²) in [7, 11) is 2.97. The second-order valence-electron chi connectivity index (χ2n) is 7.28. The molecule has 0 spiro atoms. The number of amides is 1. The Morgan fingerprint density at radius 1 is 1.31 bits per heavy atom. The fraction of sp³-hybridized carbons (Fsp3) is 0.632. The van der Waals surface area contributed by atoms with Crippen LogP contribution in [0, 0.1) is 11.7 Å². The van der Waals surface area contributed by atoms with E-state index in [1.165, 1.54) is 20.3 Å². The van der Waals surface area contributed by atoms with Gasteiger partial charge < -0.3 is 19.5 Å². The van der Waals surface area contributed by atoms with Crippen LogP contribution in [0.5, 0.6) is 5.75 Å². The third-order valence-electron chi connectivity index (χ3n) is 5.60. The molecule has 2 aliphatic rings. The highest BCUT2D eigenvalue weighted by Gasteiger charge is 2.45. The van der Waals surface area contributed by atoms with Gasteiger partial charge >= 0.3 is 0 Å². The van der Waals surface area contributed by atoms with Crippen LogP contribution < -0.4 is 4.74 Å². The van der Waals surface area contributed by atoms with Crippen molar-refractivity contribution in [3.63, 3.8) is 0 Å². The van der Waals surface area contributed by atoms with Crippen molar-refractivity contribution >= 4 is 5.91 Å². The summed E-state index contributed by atoms with van der Waals surface area (Å²) in [5.74, 6) is -0.156. The molecule has 2 atom stereocenters. The van der Waals surface area contributed by atoms with E-state index in [-0.39, 0.29) is 30.0 Å². The van der Waals surface area contributed by atoms with E-state index in [9.17, 15) is 14.3 Å². The van der Waals surface area contributed by atoms with Gasteiger partial charge in [-0.05, 0) is 30.5 Å². The molecule has 1 aromatic rings. The van der Waals surface area contributed by atoms with Crippen molar-refractivity contribution in [3.8, 4) is 5.75 Å². The number of benzene rings is 1. The number of ether oxygens (including phenoxy) is 2. The summed E-state index contributed by atoms with van der Waals surface area (Å²) in [6.45, 7) is 3.33. The summed E-state index contributed by atoms with van der Waals surface area (Å²) in [4.78, 5) is 16.1. The molecule has 2 saturated heterocycles. The molecular formula is C19H27FN2O4. The molecule has 7 heteroatoms. The molecule has 0 bridgehead atoms. The third-order valence-corrected chi connectivity index (χ3v) is 5.60. The number of methoxy groups -OCH3 is 2. The summed E-state index contributed by atoms with van der Waals surface area (Å²) in [6.07, 6.45) is 1.29. The molecule has 0 radical (unpaired) electrons. The Kier molecular flexibility index (Phi) is 5.79. The molecule has 26 heavy (non-hydrogen) atoms. The van der Waals surface area contributed by atoms with Crippen molar-refractivity contribution in [2.24, 2.45) is 5.92 Å². The van der Waals surface area contributed by atoms with Gasteiger partial charge in [0.25, 0.3) is 0 Å². The first-order valence-corrected chi connectivity index (χ1v) is 8.99. The Balaban J connectivity index is 1.65. The van der Waals surface area contributed by atoms with E-state index in [1.807, 2.05) is 0 Å². The lowest BCUT2D eigenvalue weighted by atomic mass is 9.75. The first-order chi connectivity index (χ1) is 12.4. The van der Waals surface area contributed by atoms with Gasteiger partial charge in [0.15, 0.2) is 11.6 Å². The molecule has 0 unspecified atom stereocenters. The SMILES string of the molecule is COCC(=O)N1CC[C@]2(O)CCN(Cc3ccc(F)c(OC)c3)C[C@@H]2C1. The van der Waals surface area contributed by atoms with E-state index < -0.39 is 5.60 Å². The molecule has 0 saturated carbocycles. The van der Waals surface area contributed by atoms with Crippen molar-refractivity contribution < 1.29 is 23.8 Å². The zero-order valence-electron chi connectivity index (χ0n) is 15.4. The van der Waals surface area contributed by atoms with Crippen molar-refractivity contribution in [1.29, 1.82) is 0 Å². The minimum absolute atomic E-state index is 0.00755. The van der Waals surface area contributed by atoms with E-state index in [4.69, 9.17) is 9.47 Å². The lowest BCUT2D eigenvalue weighted by Crippen LogP contribution is -2.60. The van der Waals surface area contributed by atoms with Gasteiger partial charge in [-0.25, -0.2) is 4.39 Å². The van der Waals surface area contributed by atoms with E-state index in [0.29, 0.717) is 39.0 Å². The number of halogens is 1. The molecule has 1 amide bonds. The van der Waals surface area contributed by atoms with Crippen LogP contribution in [0.15, 0.2) is 18.2 Å². The summed E-state index contributed by atoms with van der Waals surface area (Å²) in [5, 5.41) is 11.0. The Hall–Kier alpha value is -1.70. The van der Waals surface area contributed by atoms with Crippen molar-refractivity contribution in [1.82, 2.24) is 9.80 Å². The average molecular weight is 366 g/mol. The highest BCUT2D eigenvalue weighted by molar-refractivity contribution is 5.77. The molecule has 6 nitrogen and oxygen atoms in total. The fourth-order valence-electron chi connectivity index (χ4n) is 4.02. The third kappa shape index (κ3) is 4.00. The van der Waals surface area contributed by atoms with Crippen LogP contribution in [-0.4, -0.2) is 73.4 Å². The molecule has 144 valence electrons. The van der Waals surface area contributed by atoms with Crippen LogP contribution in [-0.2, 0) is 16.1 Å². The summed E-state index contributed by atoms with van der Waals surface area (Å²) in [5.41, 5.74) is 0.262. The highest BCUT2D eigenvalue weighted by Crippen LogP contribution is 2.36. The number of nitrogens with zero attached hydrogens (tertiary/aromatic N) is 2. The maximum Gasteiger partial charge on any atom is 0.248 e. The summed E-state index contributed by atoms with van der Waals surface area (Å²) < 4.78 is 23.6. The molecule has 1 aromatic carbocycles. The van der Waals surface area contributed by atoms with E-state index in [2.05, 4.69) is 4.90 Å². The summed E-state index contributed by atoms with van der Waals surface area (Å²) in [6, 6.07) is 4.89. The van der Waals surface area contributed by atoms with Crippen molar-refractivity contribution in [3.05, 3.63) is 29.6 Å². The van der Waals surface area contributed by atoms with Gasteiger partial charge in [-0.15, -0.1) is 0 Å². The van der Waals surface area contributed by atoms with Crippen LogP contribution in [0.3, 0.4) is 0 Å². The van der Waals surface area contributed by atoms with Crippen LogP contribution in [0.1, 0.15) is 18.4 Å². The first-order valence-electron chi connectivity index (χ1n) is 8.99. The van der Waals surface area contributed by atoms with Gasteiger partial charge in [0.2, 0.25) is 5.91 Å². The maximum atomic E-state index is 13.6. The predicted molar refractivity (Wildman–Crippen MR) is 94.4 cm³/mol. The van der Waals surface area contributed by atoms with Gasteiger partial charge in [0, 0.05) is 45.8 Å². The minimum atomic E-state index is -0.708. The fourth-order valence-corrected chi connectivity index (χ4v) is 4.02. The Labute approximate surface area is 153 Å². The van der Waals surface area contributed by atoms with Gasteiger partial charge in [-0.2, -0.15) is 0 Å². The zero-order valence-corrected chi connectivity index (χ0v) is 15.4. The molecule has 0 aromatic heterocycles. The monoisotopic (exact) mass is 366 g/mol. The number of fused-ring (bicyclic) bond motifs is 1. The smallest absolute Gasteiger partial charge is 0.248 e. The van der Waals surface area contributed by atoms with E-state index in [1.54, 1.807) is 17.0 Å². The van der Waals surface area contributed by atoms with Crippen LogP contribution in [0.25, 0.3) is 0 Å². The number of aliphatic hydroxyl groups is 1. The molecule has 3 rings (SSSR count). The van der Waals surface area contributed by atoms with Gasteiger partial charge in [-0.3, -0.25) is 9.69 Å². The van der Waals surface area contributed by atoms with Crippen LogP contribution in [0.2, 0.25) is 0 Å². The second kappa shape index (κ2) is 7.90. The summed E-state index contributed by atoms with van der Waals surface area (Å²) >= 11 is 0. The number of hydrogen-bond donors (Lipinski definition) is 1. The Morgan fingerprint density at radius 3 is 2.81 bits per heavy atom. The number of rotatable bonds is 5. The van der Waals surface area contributed by atoms with Gasteiger partial charge in [0.05, 0.1) is 12.7 Å². The maximum absolute atomic E-state index is 13.6.